The molecular formula is C18H18N2OS. The van der Waals surface area contributed by atoms with Crippen molar-refractivity contribution < 1.29 is 9.58 Å². The Balaban J connectivity index is 2.11. The summed E-state index contributed by atoms with van der Waals surface area (Å²) in [6.45, 7) is 1.99. The molecule has 2 rings (SSSR count). The van der Waals surface area contributed by atoms with Crippen molar-refractivity contribution in [3.8, 4) is 0 Å². The van der Waals surface area contributed by atoms with Gasteiger partial charge < -0.3 is 5.53 Å². The lowest BCUT2D eigenvalue weighted by Crippen LogP contribution is -2.27. The maximum absolute atomic E-state index is 12.5. The second kappa shape index (κ2) is 8.32. The molecule has 0 fully saturated rings. The van der Waals surface area contributed by atoms with Crippen LogP contribution in [0.25, 0.3) is 5.53 Å². The second-order valence-electron chi connectivity index (χ2n) is 4.87. The van der Waals surface area contributed by atoms with Crippen molar-refractivity contribution in [3.63, 3.8) is 0 Å². The lowest BCUT2D eigenvalue weighted by atomic mass is 10.0. The summed E-state index contributed by atoms with van der Waals surface area (Å²) in [4.78, 5) is 15.8. The molecule has 0 bridgehead atoms. The predicted molar refractivity (Wildman–Crippen MR) is 91.2 cm³/mol. The topological polar surface area (TPSA) is 53.5 Å². The molecule has 0 saturated carbocycles. The minimum absolute atomic E-state index is 0.127. The number of ketones is 1. The Morgan fingerprint density at radius 1 is 1.09 bits per heavy atom. The van der Waals surface area contributed by atoms with Crippen LogP contribution in [-0.2, 0) is 5.75 Å². The Morgan fingerprint density at radius 3 is 2.23 bits per heavy atom. The van der Waals surface area contributed by atoms with E-state index in [1.165, 1.54) is 5.56 Å². The molecule has 1 unspecified atom stereocenters. The molecule has 4 heteroatoms. The van der Waals surface area contributed by atoms with Crippen LogP contribution in [-0.4, -0.2) is 21.5 Å². The van der Waals surface area contributed by atoms with Gasteiger partial charge >= 0.3 is 5.71 Å². The minimum atomic E-state index is -0.212. The average molecular weight is 310 g/mol. The standard InChI is InChI=1S/C18H18N2OS/c1-2-16(22-13-14-9-5-3-6-10-14)17(20-19)18(21)15-11-7-4-8-12-15/h3-12,16H,2,13H2,1H3. The van der Waals surface area contributed by atoms with Gasteiger partial charge in [0, 0.05) is 11.3 Å². The maximum Gasteiger partial charge on any atom is 0.352 e. The van der Waals surface area contributed by atoms with Gasteiger partial charge in [0.1, 0.15) is 5.25 Å². The van der Waals surface area contributed by atoms with E-state index in [1.807, 2.05) is 31.2 Å². The van der Waals surface area contributed by atoms with E-state index in [2.05, 4.69) is 16.9 Å². The molecule has 3 nitrogen and oxygen atoms in total. The molecule has 0 N–H and O–H groups in total. The first kappa shape index (κ1) is 16.2. The Morgan fingerprint density at radius 2 is 1.68 bits per heavy atom. The highest BCUT2D eigenvalue weighted by Crippen LogP contribution is 2.22. The zero-order valence-corrected chi connectivity index (χ0v) is 13.3. The van der Waals surface area contributed by atoms with Crippen LogP contribution in [0.5, 0.6) is 0 Å². The first-order chi connectivity index (χ1) is 10.8. The van der Waals surface area contributed by atoms with Crippen LogP contribution in [0, 0.1) is 0 Å². The number of benzene rings is 2. The number of nitrogens with zero attached hydrogens (tertiary/aromatic N) is 2. The van der Waals surface area contributed by atoms with E-state index < -0.39 is 0 Å². The van der Waals surface area contributed by atoms with E-state index in [1.54, 1.807) is 36.0 Å². The maximum atomic E-state index is 12.5. The lowest BCUT2D eigenvalue weighted by molar-refractivity contribution is -0.00862. The van der Waals surface area contributed by atoms with E-state index in [-0.39, 0.29) is 16.7 Å². The van der Waals surface area contributed by atoms with E-state index >= 15 is 0 Å². The first-order valence-corrected chi connectivity index (χ1v) is 8.28. The van der Waals surface area contributed by atoms with Gasteiger partial charge in [-0.05, 0) is 12.0 Å². The van der Waals surface area contributed by atoms with E-state index in [4.69, 9.17) is 0 Å². The molecule has 2 aromatic rings. The second-order valence-corrected chi connectivity index (χ2v) is 6.06. The Bertz CT molecular complexity index is 664. The fourth-order valence-corrected chi connectivity index (χ4v) is 3.29. The van der Waals surface area contributed by atoms with Crippen LogP contribution in [0.1, 0.15) is 29.3 Å². The highest BCUT2D eigenvalue weighted by Gasteiger charge is 2.30. The summed E-state index contributed by atoms with van der Waals surface area (Å²) >= 11 is 1.62. The average Bonchev–Trinajstić information content (AvgIpc) is 2.59. The number of carbonyl (C=O) groups excluding carboxylic acids is 1. The number of carbonyl (C=O) groups is 1. The van der Waals surface area contributed by atoms with Crippen LogP contribution in [0.2, 0.25) is 0 Å². The van der Waals surface area contributed by atoms with Crippen molar-refractivity contribution in [2.75, 3.05) is 0 Å². The van der Waals surface area contributed by atoms with Gasteiger partial charge in [-0.2, -0.15) is 4.79 Å². The Labute approximate surface area is 135 Å². The zero-order valence-electron chi connectivity index (χ0n) is 12.5. The normalized spacial score (nSPS) is 11.5. The van der Waals surface area contributed by atoms with Crippen molar-refractivity contribution >= 4 is 23.3 Å². The van der Waals surface area contributed by atoms with E-state index in [9.17, 15) is 10.3 Å². The van der Waals surface area contributed by atoms with Crippen molar-refractivity contribution in [3.05, 3.63) is 77.3 Å². The van der Waals surface area contributed by atoms with Crippen LogP contribution >= 0.6 is 11.8 Å². The Kier molecular flexibility index (Phi) is 6.13. The summed E-state index contributed by atoms with van der Waals surface area (Å²) in [6, 6.07) is 19.0. The summed E-state index contributed by atoms with van der Waals surface area (Å²) in [5.74, 6) is 0.566. The van der Waals surface area contributed by atoms with E-state index in [0.29, 0.717) is 5.56 Å². The highest BCUT2D eigenvalue weighted by atomic mass is 32.2. The number of rotatable bonds is 7. The summed E-state index contributed by atoms with van der Waals surface area (Å²) in [5.41, 5.74) is 11.3. The largest absolute Gasteiger partial charge is 0.361 e. The fraction of sp³-hybridized carbons (Fsp3) is 0.222. The van der Waals surface area contributed by atoms with Gasteiger partial charge in [-0.15, -0.1) is 11.8 Å². The molecule has 0 radical (unpaired) electrons. The van der Waals surface area contributed by atoms with Gasteiger partial charge in [0.25, 0.3) is 5.78 Å². The van der Waals surface area contributed by atoms with Gasteiger partial charge in [0.05, 0.1) is 0 Å². The third kappa shape index (κ3) is 4.17. The number of Topliss-reactive ketones (excluding diaryl/α,β-unsaturated/α-hetero) is 1. The number of hydrogen-bond acceptors (Lipinski definition) is 2. The van der Waals surface area contributed by atoms with Crippen molar-refractivity contribution in [1.29, 1.82) is 0 Å². The van der Waals surface area contributed by atoms with Gasteiger partial charge in [0.15, 0.2) is 0 Å². The lowest BCUT2D eigenvalue weighted by Gasteiger charge is -2.10. The molecule has 2 aromatic carbocycles. The quantitative estimate of drug-likeness (QED) is 0.332. The van der Waals surface area contributed by atoms with Gasteiger partial charge in [-0.1, -0.05) is 67.6 Å². The zero-order chi connectivity index (χ0) is 15.8. The van der Waals surface area contributed by atoms with Crippen molar-refractivity contribution in [2.45, 2.75) is 24.3 Å². The van der Waals surface area contributed by atoms with Crippen LogP contribution in [0.4, 0.5) is 0 Å². The monoisotopic (exact) mass is 310 g/mol. The molecule has 0 aromatic heterocycles. The van der Waals surface area contributed by atoms with Gasteiger partial charge in [-0.3, -0.25) is 4.79 Å². The van der Waals surface area contributed by atoms with Crippen LogP contribution in [0.15, 0.2) is 60.7 Å². The molecule has 0 aliphatic rings. The van der Waals surface area contributed by atoms with Crippen molar-refractivity contribution in [1.82, 2.24) is 0 Å². The minimum Gasteiger partial charge on any atom is -0.361 e. The molecule has 0 spiro atoms. The molecule has 112 valence electrons. The SMILES string of the molecule is CCC(SCc1ccccc1)C(=[N+]=[N-])C(=O)c1ccccc1. The van der Waals surface area contributed by atoms with Crippen molar-refractivity contribution in [2.24, 2.45) is 0 Å². The fourth-order valence-electron chi connectivity index (χ4n) is 2.15. The Hall–Kier alpha value is -2.16. The molecular weight excluding hydrogens is 292 g/mol. The number of thioether (sulfide) groups is 1. The molecule has 0 amide bonds. The summed E-state index contributed by atoms with van der Waals surface area (Å²) < 4.78 is 0. The van der Waals surface area contributed by atoms with Gasteiger partial charge in [0.2, 0.25) is 0 Å². The van der Waals surface area contributed by atoms with Crippen LogP contribution < -0.4 is 0 Å². The molecule has 0 aliphatic carbocycles. The summed E-state index contributed by atoms with van der Waals surface area (Å²) in [7, 11) is 0. The number of hydrogen-bond donors (Lipinski definition) is 0. The van der Waals surface area contributed by atoms with E-state index in [0.717, 1.165) is 12.2 Å². The van der Waals surface area contributed by atoms with Crippen LogP contribution in [0.3, 0.4) is 0 Å². The molecule has 1 atom stereocenters. The first-order valence-electron chi connectivity index (χ1n) is 7.23. The smallest absolute Gasteiger partial charge is 0.352 e. The molecule has 0 saturated heterocycles. The molecule has 22 heavy (non-hydrogen) atoms. The summed E-state index contributed by atoms with van der Waals surface area (Å²) in [5, 5.41) is -0.127. The predicted octanol–water partition coefficient (Wildman–Crippen LogP) is 4.25. The molecule has 0 aliphatic heterocycles. The highest BCUT2D eigenvalue weighted by molar-refractivity contribution is 8.00. The third-order valence-corrected chi connectivity index (χ3v) is 4.81. The summed E-state index contributed by atoms with van der Waals surface area (Å²) in [6.07, 6.45) is 0.732. The van der Waals surface area contributed by atoms with Gasteiger partial charge in [-0.25, -0.2) is 0 Å². The molecule has 0 heterocycles. The third-order valence-electron chi connectivity index (χ3n) is 3.35.